The maximum Gasteiger partial charge on any atom is 0.156 e. The van der Waals surface area contributed by atoms with Crippen LogP contribution in [0.1, 0.15) is 25.2 Å². The molecule has 1 aromatic rings. The Kier molecular flexibility index (Phi) is 4.07. The summed E-state index contributed by atoms with van der Waals surface area (Å²) in [6.45, 7) is 6.38. The Morgan fingerprint density at radius 2 is 2.17 bits per heavy atom. The van der Waals surface area contributed by atoms with Crippen LogP contribution < -0.4 is 5.32 Å². The van der Waals surface area contributed by atoms with Crippen LogP contribution in [0, 0.1) is 5.92 Å². The molecule has 1 aliphatic heterocycles. The highest BCUT2D eigenvalue weighted by Crippen LogP contribution is 2.14. The second-order valence-corrected chi connectivity index (χ2v) is 6.98. The topological polar surface area (TPSA) is 64.0 Å². The minimum absolute atomic E-state index is 0.115. The van der Waals surface area contributed by atoms with Gasteiger partial charge in [-0.25, -0.2) is 8.42 Å². The second-order valence-electron chi connectivity index (χ2n) is 4.88. The molecule has 0 unspecified atom stereocenters. The Morgan fingerprint density at radius 1 is 1.44 bits per heavy atom. The third-order valence-electron chi connectivity index (χ3n) is 3.30. The Hall–Kier alpha value is -0.880. The highest BCUT2D eigenvalue weighted by Gasteiger charge is 2.25. The molecule has 5 nitrogen and oxygen atoms in total. The van der Waals surface area contributed by atoms with Crippen LogP contribution in [0.3, 0.4) is 0 Å². The maximum absolute atomic E-state index is 12.1. The van der Waals surface area contributed by atoms with Crippen LogP contribution in [0.5, 0.6) is 0 Å². The van der Waals surface area contributed by atoms with E-state index in [0.717, 1.165) is 37.4 Å². The van der Waals surface area contributed by atoms with E-state index < -0.39 is 9.84 Å². The molecular formula is C12H21N3O2S. The molecule has 18 heavy (non-hydrogen) atoms. The van der Waals surface area contributed by atoms with Crippen LogP contribution in [-0.4, -0.2) is 37.0 Å². The lowest BCUT2D eigenvalue weighted by atomic mass is 10.1. The second kappa shape index (κ2) is 5.40. The molecule has 1 aliphatic rings. The predicted molar refractivity (Wildman–Crippen MR) is 71.1 cm³/mol. The Bertz CT molecular complexity index is 503. The fourth-order valence-corrected chi connectivity index (χ4v) is 3.94. The van der Waals surface area contributed by atoms with E-state index in [0.29, 0.717) is 5.92 Å². The van der Waals surface area contributed by atoms with Gasteiger partial charge in [-0.2, -0.15) is 5.10 Å². The summed E-state index contributed by atoms with van der Waals surface area (Å²) >= 11 is 0. The van der Waals surface area contributed by atoms with Crippen LogP contribution in [0.4, 0.5) is 0 Å². The van der Waals surface area contributed by atoms with Crippen LogP contribution >= 0.6 is 0 Å². The van der Waals surface area contributed by atoms with Gasteiger partial charge in [-0.05, 0) is 25.3 Å². The Balaban J connectivity index is 2.09. The lowest BCUT2D eigenvalue weighted by Gasteiger charge is -2.26. The molecule has 0 aromatic carbocycles. The molecule has 2 rings (SSSR count). The van der Waals surface area contributed by atoms with Crippen molar-refractivity contribution in [1.82, 2.24) is 15.1 Å². The van der Waals surface area contributed by atoms with Gasteiger partial charge in [0.1, 0.15) is 0 Å². The molecule has 2 heterocycles. The van der Waals surface area contributed by atoms with Gasteiger partial charge in [0, 0.05) is 19.6 Å². The number of hydrogen-bond acceptors (Lipinski definition) is 4. The number of nitrogens with zero attached hydrogens (tertiary/aromatic N) is 2. The van der Waals surface area contributed by atoms with Gasteiger partial charge in [-0.15, -0.1) is 0 Å². The average molecular weight is 271 g/mol. The first-order valence-corrected chi connectivity index (χ1v) is 8.33. The first kappa shape index (κ1) is 13.5. The number of aryl methyl sites for hydroxylation is 2. The van der Waals surface area contributed by atoms with E-state index in [1.54, 1.807) is 4.68 Å². The first-order chi connectivity index (χ1) is 8.54. The van der Waals surface area contributed by atoms with Crippen LogP contribution in [0.2, 0.25) is 0 Å². The molecule has 1 N–H and O–H groups in total. The lowest BCUT2D eigenvalue weighted by Crippen LogP contribution is -2.45. The molecule has 0 bridgehead atoms. The van der Waals surface area contributed by atoms with Gasteiger partial charge >= 0.3 is 0 Å². The molecule has 1 saturated heterocycles. The van der Waals surface area contributed by atoms with Crippen molar-refractivity contribution in [2.75, 3.05) is 18.8 Å². The first-order valence-electron chi connectivity index (χ1n) is 6.50. The summed E-state index contributed by atoms with van der Waals surface area (Å²) in [5.74, 6) is 0.694. The zero-order chi connectivity index (χ0) is 13.2. The van der Waals surface area contributed by atoms with Crippen molar-refractivity contribution in [3.05, 3.63) is 17.5 Å². The zero-order valence-electron chi connectivity index (χ0n) is 11.0. The monoisotopic (exact) mass is 271 g/mol. The van der Waals surface area contributed by atoms with Gasteiger partial charge in [0.25, 0.3) is 0 Å². The van der Waals surface area contributed by atoms with Crippen LogP contribution in [0.25, 0.3) is 0 Å². The number of rotatable bonds is 6. The summed E-state index contributed by atoms with van der Waals surface area (Å²) in [7, 11) is -3.02. The lowest BCUT2D eigenvalue weighted by molar-refractivity contribution is 0.378. The van der Waals surface area contributed by atoms with Crippen molar-refractivity contribution in [1.29, 1.82) is 0 Å². The summed E-state index contributed by atoms with van der Waals surface area (Å²) < 4.78 is 26.0. The van der Waals surface area contributed by atoms with Gasteiger partial charge in [0.15, 0.2) is 9.84 Å². The van der Waals surface area contributed by atoms with Gasteiger partial charge in [-0.3, -0.25) is 4.68 Å². The molecule has 6 heteroatoms. The van der Waals surface area contributed by atoms with Crippen molar-refractivity contribution in [3.63, 3.8) is 0 Å². The molecule has 0 amide bonds. The third-order valence-corrected chi connectivity index (χ3v) is 5.01. The highest BCUT2D eigenvalue weighted by atomic mass is 32.2. The number of nitrogens with one attached hydrogen (secondary N) is 1. The van der Waals surface area contributed by atoms with E-state index in [9.17, 15) is 8.42 Å². The predicted octanol–water partition coefficient (Wildman–Crippen LogP) is 0.600. The molecule has 0 aliphatic carbocycles. The van der Waals surface area contributed by atoms with Crippen molar-refractivity contribution >= 4 is 9.84 Å². The van der Waals surface area contributed by atoms with Crippen molar-refractivity contribution in [3.8, 4) is 0 Å². The average Bonchev–Trinajstić information content (AvgIpc) is 2.65. The minimum Gasteiger partial charge on any atom is -0.316 e. The highest BCUT2D eigenvalue weighted by molar-refractivity contribution is 7.90. The molecular weight excluding hydrogens is 250 g/mol. The summed E-state index contributed by atoms with van der Waals surface area (Å²) in [4.78, 5) is 0. The molecule has 0 spiro atoms. The Labute approximate surface area is 108 Å². The number of hydrogen-bond donors (Lipinski definition) is 1. The van der Waals surface area contributed by atoms with E-state index >= 15 is 0 Å². The molecule has 0 atom stereocenters. The Morgan fingerprint density at radius 3 is 2.67 bits per heavy atom. The van der Waals surface area contributed by atoms with E-state index in [1.807, 2.05) is 19.9 Å². The van der Waals surface area contributed by atoms with Crippen molar-refractivity contribution in [2.24, 2.45) is 5.92 Å². The zero-order valence-corrected chi connectivity index (χ0v) is 11.8. The minimum atomic E-state index is -3.02. The van der Waals surface area contributed by atoms with E-state index in [2.05, 4.69) is 10.4 Å². The molecule has 1 fully saturated rings. The van der Waals surface area contributed by atoms with Gasteiger partial charge < -0.3 is 5.32 Å². The summed E-state index contributed by atoms with van der Waals surface area (Å²) in [6, 6.07) is 1.92. The van der Waals surface area contributed by atoms with Gasteiger partial charge in [0.2, 0.25) is 0 Å². The standard InChI is InChI=1S/C12H21N3O2S/c1-3-11-5-12(15(4-2)14-11)9-18(16,17)8-10-6-13-7-10/h5,10,13H,3-4,6-9H2,1-2H3. The molecule has 0 radical (unpaired) electrons. The van der Waals surface area contributed by atoms with Gasteiger partial charge in [-0.1, -0.05) is 6.92 Å². The molecule has 0 saturated carbocycles. The fourth-order valence-electron chi connectivity index (χ4n) is 2.19. The van der Waals surface area contributed by atoms with Crippen LogP contribution in [0.15, 0.2) is 6.07 Å². The smallest absolute Gasteiger partial charge is 0.156 e. The summed E-state index contributed by atoms with van der Waals surface area (Å²) in [5, 5.41) is 7.49. The normalized spacial score (nSPS) is 16.8. The maximum atomic E-state index is 12.1. The third kappa shape index (κ3) is 3.11. The van der Waals surface area contributed by atoms with Crippen LogP contribution in [-0.2, 0) is 28.6 Å². The van der Waals surface area contributed by atoms with Crippen molar-refractivity contribution < 1.29 is 8.42 Å². The SMILES string of the molecule is CCc1cc(CS(=O)(=O)CC2CNC2)n(CC)n1. The van der Waals surface area contributed by atoms with Crippen molar-refractivity contribution in [2.45, 2.75) is 32.6 Å². The quantitative estimate of drug-likeness (QED) is 0.823. The number of aromatic nitrogens is 2. The summed E-state index contributed by atoms with van der Waals surface area (Å²) in [5.41, 5.74) is 1.79. The molecule has 1 aromatic heterocycles. The van der Waals surface area contributed by atoms with Gasteiger partial charge in [0.05, 0.1) is 22.9 Å². The number of sulfone groups is 1. The molecule has 102 valence electrons. The fraction of sp³-hybridized carbons (Fsp3) is 0.750. The largest absolute Gasteiger partial charge is 0.316 e. The van der Waals surface area contributed by atoms with E-state index in [1.165, 1.54) is 0 Å². The van der Waals surface area contributed by atoms with E-state index in [4.69, 9.17) is 0 Å². The van der Waals surface area contributed by atoms with E-state index in [-0.39, 0.29) is 11.5 Å². The summed E-state index contributed by atoms with van der Waals surface area (Å²) in [6.07, 6.45) is 0.840.